The molecule has 2 nitrogen and oxygen atoms in total. The fraction of sp³-hybridized carbons (Fsp3) is 1.00. The van der Waals surface area contributed by atoms with E-state index in [1.807, 2.05) is 20.8 Å². The van der Waals surface area contributed by atoms with Crippen LogP contribution in [0.4, 0.5) is 4.39 Å². The van der Waals surface area contributed by atoms with E-state index in [9.17, 15) is 9.60 Å². The summed E-state index contributed by atoms with van der Waals surface area (Å²) in [5, 5.41) is 10.0. The molecule has 1 unspecified atom stereocenters. The molecule has 1 aliphatic heterocycles. The van der Waals surface area contributed by atoms with Crippen molar-refractivity contribution in [1.29, 1.82) is 0 Å². The van der Waals surface area contributed by atoms with E-state index < -0.39 is 6.17 Å². The number of quaternary nitrogens is 1. The van der Waals surface area contributed by atoms with Crippen LogP contribution in [0.25, 0.3) is 0 Å². The Bertz CT molecular complexity index is 174. The number of nitrogens with zero attached hydrogens (tertiary/aromatic N) is 1. The lowest BCUT2D eigenvalue weighted by Crippen LogP contribution is -2.58. The van der Waals surface area contributed by atoms with Gasteiger partial charge in [-0.15, -0.1) is 0 Å². The van der Waals surface area contributed by atoms with E-state index >= 15 is 0 Å². The molecule has 0 aromatic heterocycles. The summed E-state index contributed by atoms with van der Waals surface area (Å²) in [5.41, 5.74) is 0. The van der Waals surface area contributed by atoms with Gasteiger partial charge in [-0.05, 0) is 13.8 Å². The van der Waals surface area contributed by atoms with Crippen molar-refractivity contribution in [2.24, 2.45) is 5.92 Å². The normalized spacial score (nSPS) is 41.1. The van der Waals surface area contributed by atoms with Gasteiger partial charge < -0.3 is 0 Å². The number of hydrogen-bond acceptors (Lipinski definition) is 1. The molecule has 0 amide bonds. The highest BCUT2D eigenvalue weighted by Crippen LogP contribution is 2.28. The van der Waals surface area contributed by atoms with Crippen LogP contribution < -0.4 is 0 Å². The Kier molecular flexibility index (Phi) is 3.30. The molecular formula is C10H21FNO+. The summed E-state index contributed by atoms with van der Waals surface area (Å²) < 4.78 is 13.4. The molecule has 0 aromatic rings. The van der Waals surface area contributed by atoms with Crippen molar-refractivity contribution < 1.29 is 14.2 Å². The number of likely N-dealkylation sites (tertiary alicyclic amines) is 1. The molecule has 1 rings (SSSR count). The quantitative estimate of drug-likeness (QED) is 0.663. The SMILES string of the molecule is CC[C@@H]1CC[N+](O)(C(C)C)C[C@@H]1F. The molecule has 1 fully saturated rings. The van der Waals surface area contributed by atoms with Crippen LogP contribution in [0.2, 0.25) is 0 Å². The molecular weight excluding hydrogens is 169 g/mol. The number of piperidine rings is 1. The maximum Gasteiger partial charge on any atom is 0.155 e. The van der Waals surface area contributed by atoms with Gasteiger partial charge in [0.05, 0.1) is 0 Å². The Hall–Kier alpha value is -0.150. The van der Waals surface area contributed by atoms with E-state index in [1.165, 1.54) is 0 Å². The van der Waals surface area contributed by atoms with E-state index in [2.05, 4.69) is 0 Å². The van der Waals surface area contributed by atoms with Crippen LogP contribution in [0, 0.1) is 5.92 Å². The first-order valence-electron chi connectivity index (χ1n) is 5.23. The molecule has 1 saturated heterocycles. The summed E-state index contributed by atoms with van der Waals surface area (Å²) >= 11 is 0. The molecule has 3 heteroatoms. The number of hydrogen-bond donors (Lipinski definition) is 1. The summed E-state index contributed by atoms with van der Waals surface area (Å²) in [5.74, 6) is 0.164. The zero-order valence-electron chi connectivity index (χ0n) is 8.83. The van der Waals surface area contributed by atoms with Gasteiger partial charge in [-0.3, -0.25) is 0 Å². The van der Waals surface area contributed by atoms with Crippen LogP contribution in [0.1, 0.15) is 33.6 Å². The minimum atomic E-state index is -0.828. The number of hydroxylamine groups is 3. The molecule has 0 radical (unpaired) electrons. The Morgan fingerprint density at radius 1 is 1.54 bits per heavy atom. The van der Waals surface area contributed by atoms with Gasteiger partial charge in [0, 0.05) is 12.3 Å². The maximum atomic E-state index is 13.5. The van der Waals surface area contributed by atoms with E-state index in [4.69, 9.17) is 0 Å². The lowest BCUT2D eigenvalue weighted by Gasteiger charge is -2.41. The average molecular weight is 190 g/mol. The Labute approximate surface area is 79.9 Å². The zero-order chi connectivity index (χ0) is 10.1. The third-order valence-electron chi connectivity index (χ3n) is 3.37. The second-order valence-electron chi connectivity index (χ2n) is 4.46. The molecule has 13 heavy (non-hydrogen) atoms. The van der Waals surface area contributed by atoms with Crippen LogP contribution in [-0.2, 0) is 0 Å². The first kappa shape index (κ1) is 10.9. The highest BCUT2D eigenvalue weighted by molar-refractivity contribution is 4.72. The van der Waals surface area contributed by atoms with Gasteiger partial charge in [0.2, 0.25) is 0 Å². The smallest absolute Gasteiger partial charge is 0.155 e. The van der Waals surface area contributed by atoms with E-state index in [1.54, 1.807) is 0 Å². The predicted octanol–water partition coefficient (Wildman–Crippen LogP) is 2.37. The number of rotatable bonds is 2. The van der Waals surface area contributed by atoms with Crippen LogP contribution in [0.15, 0.2) is 0 Å². The van der Waals surface area contributed by atoms with E-state index in [-0.39, 0.29) is 23.2 Å². The Morgan fingerprint density at radius 2 is 2.15 bits per heavy atom. The fourth-order valence-electron chi connectivity index (χ4n) is 2.04. The number of alkyl halides is 1. The van der Waals surface area contributed by atoms with Gasteiger partial charge in [0.25, 0.3) is 0 Å². The van der Waals surface area contributed by atoms with Crippen LogP contribution in [0.3, 0.4) is 0 Å². The van der Waals surface area contributed by atoms with Crippen LogP contribution in [-0.4, -0.2) is 35.2 Å². The molecule has 3 atom stereocenters. The van der Waals surface area contributed by atoms with Gasteiger partial charge in [-0.25, -0.2) is 9.60 Å². The lowest BCUT2D eigenvalue weighted by atomic mass is 9.91. The standard InChI is InChI=1S/C10H21FNO/c1-4-9-5-6-12(13,8(2)3)7-10(9)11/h8-10,13H,4-7H2,1-3H3/q+1/t9-,10+,12?/m1/s1. The molecule has 0 saturated carbocycles. The van der Waals surface area contributed by atoms with Crippen LogP contribution >= 0.6 is 0 Å². The molecule has 0 bridgehead atoms. The minimum absolute atomic E-state index is 0.0856. The minimum Gasteiger partial charge on any atom is -0.241 e. The zero-order valence-corrected chi connectivity index (χ0v) is 8.83. The summed E-state index contributed by atoms with van der Waals surface area (Å²) in [6.07, 6.45) is 0.872. The summed E-state index contributed by atoms with van der Waals surface area (Å²) in [6.45, 7) is 6.88. The molecule has 1 heterocycles. The van der Waals surface area contributed by atoms with Crippen molar-refractivity contribution in [3.63, 3.8) is 0 Å². The molecule has 0 aromatic carbocycles. The largest absolute Gasteiger partial charge is 0.241 e. The second kappa shape index (κ2) is 3.93. The Balaban J connectivity index is 2.59. The first-order valence-corrected chi connectivity index (χ1v) is 5.23. The highest BCUT2D eigenvalue weighted by atomic mass is 19.1. The van der Waals surface area contributed by atoms with Gasteiger partial charge in [-0.2, -0.15) is 4.65 Å². The van der Waals surface area contributed by atoms with E-state index in [0.717, 1.165) is 12.8 Å². The van der Waals surface area contributed by atoms with Gasteiger partial charge in [0.1, 0.15) is 19.1 Å². The summed E-state index contributed by atoms with van der Waals surface area (Å²) in [6, 6.07) is 0.107. The lowest BCUT2D eigenvalue weighted by molar-refractivity contribution is -1.12. The van der Waals surface area contributed by atoms with Crippen molar-refractivity contribution in [2.75, 3.05) is 13.1 Å². The number of halogens is 1. The van der Waals surface area contributed by atoms with Crippen molar-refractivity contribution in [3.05, 3.63) is 0 Å². The predicted molar refractivity (Wildman–Crippen MR) is 50.2 cm³/mol. The summed E-state index contributed by atoms with van der Waals surface area (Å²) in [7, 11) is 0. The molecule has 1 aliphatic rings. The van der Waals surface area contributed by atoms with Gasteiger partial charge in [-0.1, -0.05) is 13.3 Å². The molecule has 78 valence electrons. The maximum absolute atomic E-state index is 13.5. The van der Waals surface area contributed by atoms with E-state index in [0.29, 0.717) is 6.54 Å². The monoisotopic (exact) mass is 190 g/mol. The molecule has 0 spiro atoms. The van der Waals surface area contributed by atoms with Crippen molar-refractivity contribution in [3.8, 4) is 0 Å². The van der Waals surface area contributed by atoms with Gasteiger partial charge >= 0.3 is 0 Å². The van der Waals surface area contributed by atoms with Crippen LogP contribution in [0.5, 0.6) is 0 Å². The second-order valence-corrected chi connectivity index (χ2v) is 4.46. The molecule has 1 N–H and O–H groups in total. The van der Waals surface area contributed by atoms with Crippen molar-refractivity contribution in [2.45, 2.75) is 45.8 Å². The fourth-order valence-corrected chi connectivity index (χ4v) is 2.04. The molecule has 0 aliphatic carbocycles. The third kappa shape index (κ3) is 2.20. The topological polar surface area (TPSA) is 20.2 Å². The first-order chi connectivity index (χ1) is 5.99. The summed E-state index contributed by atoms with van der Waals surface area (Å²) in [4.78, 5) is 0. The van der Waals surface area contributed by atoms with Crippen molar-refractivity contribution >= 4 is 0 Å². The average Bonchev–Trinajstić information content (AvgIpc) is 2.04. The van der Waals surface area contributed by atoms with Gasteiger partial charge in [0.15, 0.2) is 6.17 Å². The highest BCUT2D eigenvalue weighted by Gasteiger charge is 2.41. The van der Waals surface area contributed by atoms with Crippen molar-refractivity contribution in [1.82, 2.24) is 0 Å². The Morgan fingerprint density at radius 3 is 2.54 bits per heavy atom. The third-order valence-corrected chi connectivity index (χ3v) is 3.37.